The highest BCUT2D eigenvalue weighted by atomic mass is 16.1. The van der Waals surface area contributed by atoms with Gasteiger partial charge in [0.05, 0.1) is 12.0 Å². The predicted molar refractivity (Wildman–Crippen MR) is 130 cm³/mol. The Morgan fingerprint density at radius 1 is 0.844 bits per heavy atom. The second-order valence-electron chi connectivity index (χ2n) is 8.94. The van der Waals surface area contributed by atoms with E-state index in [4.69, 9.17) is 0 Å². The van der Waals surface area contributed by atoms with Gasteiger partial charge in [0.1, 0.15) is 0 Å². The van der Waals surface area contributed by atoms with E-state index in [0.29, 0.717) is 6.54 Å². The molecule has 0 bridgehead atoms. The van der Waals surface area contributed by atoms with Crippen molar-refractivity contribution in [2.45, 2.75) is 25.4 Å². The Balaban J connectivity index is 1.31. The standard InChI is InChI=1S/C28H31N3O/c32-28(29-20-23-11-5-2-6-12-23)25-19-24-13-7-8-14-26(24)31-18-17-30(21-27(25)31)16-15-22-9-3-1-4-10-22/h1-14,25,27H,15-21H2,(H,29,32)/t25-,27-/m1/s1. The van der Waals surface area contributed by atoms with Gasteiger partial charge < -0.3 is 10.2 Å². The van der Waals surface area contributed by atoms with Gasteiger partial charge in [-0.1, -0.05) is 78.9 Å². The van der Waals surface area contributed by atoms with E-state index in [1.807, 2.05) is 18.2 Å². The van der Waals surface area contributed by atoms with E-state index in [1.165, 1.54) is 16.8 Å². The van der Waals surface area contributed by atoms with Gasteiger partial charge in [0.25, 0.3) is 0 Å². The van der Waals surface area contributed by atoms with Crippen molar-refractivity contribution < 1.29 is 4.79 Å². The Morgan fingerprint density at radius 2 is 1.53 bits per heavy atom. The highest BCUT2D eigenvalue weighted by Gasteiger charge is 2.41. The molecule has 0 aliphatic carbocycles. The number of nitrogens with zero attached hydrogens (tertiary/aromatic N) is 2. The molecule has 2 aliphatic rings. The molecule has 2 aliphatic heterocycles. The van der Waals surface area contributed by atoms with Gasteiger partial charge in [0.2, 0.25) is 5.91 Å². The second kappa shape index (κ2) is 9.58. The minimum atomic E-state index is -0.0341. The highest BCUT2D eigenvalue weighted by Crippen LogP contribution is 2.36. The zero-order valence-corrected chi connectivity index (χ0v) is 18.5. The van der Waals surface area contributed by atoms with Crippen LogP contribution in [0.25, 0.3) is 0 Å². The number of hydrogen-bond acceptors (Lipinski definition) is 3. The van der Waals surface area contributed by atoms with Crippen molar-refractivity contribution in [3.05, 3.63) is 102 Å². The zero-order valence-electron chi connectivity index (χ0n) is 18.5. The summed E-state index contributed by atoms with van der Waals surface area (Å²) in [4.78, 5) is 18.4. The lowest BCUT2D eigenvalue weighted by atomic mass is 9.83. The van der Waals surface area contributed by atoms with Crippen molar-refractivity contribution >= 4 is 11.6 Å². The average Bonchev–Trinajstić information content (AvgIpc) is 2.86. The quantitative estimate of drug-likeness (QED) is 0.651. The summed E-state index contributed by atoms with van der Waals surface area (Å²) in [7, 11) is 0. The summed E-state index contributed by atoms with van der Waals surface area (Å²) in [5, 5.41) is 3.22. The van der Waals surface area contributed by atoms with Gasteiger partial charge in [-0.3, -0.25) is 9.69 Å². The van der Waals surface area contributed by atoms with Crippen LogP contribution in [0.15, 0.2) is 84.9 Å². The molecular formula is C28H31N3O. The number of carbonyl (C=O) groups excluding carboxylic acids is 1. The van der Waals surface area contributed by atoms with Crippen LogP contribution in [0.2, 0.25) is 0 Å². The monoisotopic (exact) mass is 425 g/mol. The third kappa shape index (κ3) is 4.56. The minimum absolute atomic E-state index is 0.0341. The number of piperazine rings is 1. The maximum atomic E-state index is 13.4. The lowest BCUT2D eigenvalue weighted by Gasteiger charge is -2.49. The molecule has 4 heteroatoms. The Labute approximate surface area is 190 Å². The summed E-state index contributed by atoms with van der Waals surface area (Å²) >= 11 is 0. The number of para-hydroxylation sites is 1. The van der Waals surface area contributed by atoms with Gasteiger partial charge in [-0.2, -0.15) is 0 Å². The van der Waals surface area contributed by atoms with Crippen LogP contribution in [0.1, 0.15) is 16.7 Å². The first-order chi connectivity index (χ1) is 15.8. The van der Waals surface area contributed by atoms with E-state index in [9.17, 15) is 4.79 Å². The molecule has 1 saturated heterocycles. The fraction of sp³-hybridized carbons (Fsp3) is 0.321. The number of rotatable bonds is 6. The molecule has 0 unspecified atom stereocenters. The van der Waals surface area contributed by atoms with Crippen LogP contribution in [-0.4, -0.2) is 43.0 Å². The number of carbonyl (C=O) groups is 1. The van der Waals surface area contributed by atoms with Crippen LogP contribution >= 0.6 is 0 Å². The van der Waals surface area contributed by atoms with Crippen molar-refractivity contribution in [1.29, 1.82) is 0 Å². The van der Waals surface area contributed by atoms with Crippen LogP contribution in [0, 0.1) is 5.92 Å². The topological polar surface area (TPSA) is 35.6 Å². The van der Waals surface area contributed by atoms with E-state index in [1.54, 1.807) is 0 Å². The van der Waals surface area contributed by atoms with Crippen molar-refractivity contribution in [3.63, 3.8) is 0 Å². The van der Waals surface area contributed by atoms with Gasteiger partial charge >= 0.3 is 0 Å². The first-order valence-electron chi connectivity index (χ1n) is 11.7. The summed E-state index contributed by atoms with van der Waals surface area (Å²) in [6.07, 6.45) is 1.86. The molecule has 1 amide bonds. The summed E-state index contributed by atoms with van der Waals surface area (Å²) in [5.74, 6) is 0.136. The van der Waals surface area contributed by atoms with E-state index in [2.05, 4.69) is 81.8 Å². The smallest absolute Gasteiger partial charge is 0.225 e. The molecule has 5 rings (SSSR count). The Hall–Kier alpha value is -3.11. The van der Waals surface area contributed by atoms with Gasteiger partial charge in [-0.25, -0.2) is 0 Å². The molecule has 0 saturated carbocycles. The molecule has 0 radical (unpaired) electrons. The number of nitrogens with one attached hydrogen (secondary N) is 1. The second-order valence-corrected chi connectivity index (χ2v) is 8.94. The van der Waals surface area contributed by atoms with E-state index < -0.39 is 0 Å². The molecule has 164 valence electrons. The number of hydrogen-bond donors (Lipinski definition) is 1. The van der Waals surface area contributed by atoms with Crippen molar-refractivity contribution in [3.8, 4) is 0 Å². The van der Waals surface area contributed by atoms with Gasteiger partial charge in [-0.05, 0) is 35.6 Å². The Morgan fingerprint density at radius 3 is 2.31 bits per heavy atom. The first kappa shape index (κ1) is 20.8. The lowest BCUT2D eigenvalue weighted by Crippen LogP contribution is -2.61. The van der Waals surface area contributed by atoms with Crippen molar-refractivity contribution in [2.75, 3.05) is 31.1 Å². The van der Waals surface area contributed by atoms with Crippen LogP contribution in [-0.2, 0) is 24.2 Å². The van der Waals surface area contributed by atoms with E-state index >= 15 is 0 Å². The third-order valence-corrected chi connectivity index (χ3v) is 6.91. The van der Waals surface area contributed by atoms with Crippen LogP contribution in [0.5, 0.6) is 0 Å². The molecule has 2 heterocycles. The number of amides is 1. The van der Waals surface area contributed by atoms with E-state index in [0.717, 1.165) is 44.6 Å². The van der Waals surface area contributed by atoms with Crippen molar-refractivity contribution in [1.82, 2.24) is 10.2 Å². The fourth-order valence-electron chi connectivity index (χ4n) is 5.17. The summed E-state index contributed by atoms with van der Waals surface area (Å²) in [5.41, 5.74) is 5.12. The first-order valence-corrected chi connectivity index (χ1v) is 11.7. The molecule has 3 aromatic carbocycles. The highest BCUT2D eigenvalue weighted by molar-refractivity contribution is 5.82. The van der Waals surface area contributed by atoms with Crippen molar-refractivity contribution in [2.24, 2.45) is 5.92 Å². The normalized spacial score (nSPS) is 20.3. The Bertz CT molecular complexity index is 1040. The predicted octanol–water partition coefficient (Wildman–Crippen LogP) is 3.91. The molecular weight excluding hydrogens is 394 g/mol. The molecule has 2 atom stereocenters. The number of benzene rings is 3. The number of fused-ring (bicyclic) bond motifs is 3. The molecule has 0 aromatic heterocycles. The third-order valence-electron chi connectivity index (χ3n) is 6.91. The van der Waals surface area contributed by atoms with Crippen LogP contribution < -0.4 is 10.2 Å². The molecule has 3 aromatic rings. The SMILES string of the molecule is O=C(NCc1ccccc1)[C@@H]1Cc2ccccc2N2CCN(CCc3ccccc3)C[C@H]12. The van der Waals surface area contributed by atoms with Gasteiger partial charge in [0, 0.05) is 38.4 Å². The minimum Gasteiger partial charge on any atom is -0.365 e. The average molecular weight is 426 g/mol. The summed E-state index contributed by atoms with van der Waals surface area (Å²) < 4.78 is 0. The summed E-state index contributed by atoms with van der Waals surface area (Å²) in [6, 6.07) is 29.7. The maximum absolute atomic E-state index is 13.4. The van der Waals surface area contributed by atoms with Crippen LogP contribution in [0.4, 0.5) is 5.69 Å². The fourth-order valence-corrected chi connectivity index (χ4v) is 5.17. The summed E-state index contributed by atoms with van der Waals surface area (Å²) in [6.45, 7) is 4.57. The molecule has 1 N–H and O–H groups in total. The van der Waals surface area contributed by atoms with Crippen LogP contribution in [0.3, 0.4) is 0 Å². The number of anilines is 1. The van der Waals surface area contributed by atoms with Gasteiger partial charge in [0.15, 0.2) is 0 Å². The lowest BCUT2D eigenvalue weighted by molar-refractivity contribution is -0.126. The zero-order chi connectivity index (χ0) is 21.8. The van der Waals surface area contributed by atoms with E-state index in [-0.39, 0.29) is 17.9 Å². The van der Waals surface area contributed by atoms with Gasteiger partial charge in [-0.15, -0.1) is 0 Å². The Kier molecular flexibility index (Phi) is 6.22. The molecule has 32 heavy (non-hydrogen) atoms. The maximum Gasteiger partial charge on any atom is 0.225 e. The molecule has 1 fully saturated rings. The molecule has 4 nitrogen and oxygen atoms in total. The largest absolute Gasteiger partial charge is 0.365 e. The molecule has 0 spiro atoms.